The fourth-order valence-electron chi connectivity index (χ4n) is 9.61. The predicted molar refractivity (Wildman–Crippen MR) is 278 cm³/mol. The highest BCUT2D eigenvalue weighted by molar-refractivity contribution is 5.77. The summed E-state index contributed by atoms with van der Waals surface area (Å²) in [5.41, 5.74) is 2.69. The number of aliphatic imine (C=N–C) groups is 2. The number of hydrogen-bond donors (Lipinski definition) is 2. The second kappa shape index (κ2) is 37.0. The van der Waals surface area contributed by atoms with Gasteiger partial charge >= 0.3 is 0 Å². The average Bonchev–Trinajstić information content (AvgIpc) is 3.89. The van der Waals surface area contributed by atoms with Gasteiger partial charge in [0.15, 0.2) is 11.7 Å². The monoisotopic (exact) mass is 881 g/mol. The normalized spacial score (nSPS) is 18.6. The van der Waals surface area contributed by atoms with E-state index in [1.807, 2.05) is 0 Å². The summed E-state index contributed by atoms with van der Waals surface area (Å²) in [4.78, 5) is 9.75. The highest BCUT2D eigenvalue weighted by Crippen LogP contribution is 2.26. The summed E-state index contributed by atoms with van der Waals surface area (Å²) in [5.74, 6) is 2.63. The number of amidine groups is 2. The van der Waals surface area contributed by atoms with Crippen LogP contribution in [-0.4, -0.2) is 83.3 Å². The molecule has 0 fully saturated rings. The van der Waals surface area contributed by atoms with Crippen LogP contribution in [0.5, 0.6) is 0 Å². The largest absolute Gasteiger partial charge is 0.390 e. The maximum atomic E-state index is 9.72. The Hall–Kier alpha value is -3.16. The Morgan fingerprint density at radius 1 is 0.438 bits per heavy atom. The van der Waals surface area contributed by atoms with Gasteiger partial charge in [0.1, 0.15) is 39.3 Å². The summed E-state index contributed by atoms with van der Waals surface area (Å²) in [6.07, 6.45) is 47.7. The highest BCUT2D eigenvalue weighted by Gasteiger charge is 2.38. The Balaban J connectivity index is 0.000000340. The molecule has 2 heterocycles. The van der Waals surface area contributed by atoms with Crippen LogP contribution in [0.1, 0.15) is 192 Å². The molecule has 0 radical (unpaired) electrons. The number of hydrogen-bond acceptors (Lipinski definition) is 4. The number of nitrogens with zero attached hydrogens (tertiary/aromatic N) is 4. The SMILES string of the molecule is CCCCC/C=C/C/C=C/CCCCCCCC1=NCC[N+]1(CCO)Cc1ccccc1.CCCCCCCC/C=C/CCCCCCCC1=NCC[N+]1(CCO)Cc1ccccc1. The van der Waals surface area contributed by atoms with E-state index in [2.05, 4.69) is 111 Å². The molecule has 6 nitrogen and oxygen atoms in total. The minimum atomic E-state index is 0.230. The van der Waals surface area contributed by atoms with Crippen LogP contribution in [0, 0.1) is 0 Å². The number of unbranched alkanes of at least 4 members (excludes halogenated alkanes) is 19. The van der Waals surface area contributed by atoms with E-state index in [-0.39, 0.29) is 13.2 Å². The lowest BCUT2D eigenvalue weighted by molar-refractivity contribution is -0.850. The molecule has 64 heavy (non-hydrogen) atoms. The summed E-state index contributed by atoms with van der Waals surface area (Å²) >= 11 is 0. The molecule has 4 rings (SSSR count). The van der Waals surface area contributed by atoms with Crippen molar-refractivity contribution in [1.29, 1.82) is 0 Å². The molecule has 2 aliphatic rings. The van der Waals surface area contributed by atoms with Crippen LogP contribution in [-0.2, 0) is 13.1 Å². The van der Waals surface area contributed by atoms with Crippen molar-refractivity contribution in [3.05, 3.63) is 108 Å². The zero-order chi connectivity index (χ0) is 45.5. The van der Waals surface area contributed by atoms with Gasteiger partial charge in [-0.05, 0) is 70.6 Å². The van der Waals surface area contributed by atoms with Gasteiger partial charge in [0.05, 0.1) is 26.3 Å². The summed E-state index contributed by atoms with van der Waals surface area (Å²) in [6.45, 7) is 12.4. The highest BCUT2D eigenvalue weighted by atomic mass is 16.3. The molecule has 2 N–H and O–H groups in total. The third-order valence-corrected chi connectivity index (χ3v) is 13.5. The van der Waals surface area contributed by atoms with Gasteiger partial charge in [-0.3, -0.25) is 8.97 Å². The van der Waals surface area contributed by atoms with E-state index in [4.69, 9.17) is 9.98 Å². The van der Waals surface area contributed by atoms with Crippen LogP contribution in [0.25, 0.3) is 0 Å². The smallest absolute Gasteiger partial charge is 0.198 e. The molecular formula is C58H96N4O2+2. The number of aliphatic hydroxyl groups is 2. The molecule has 0 spiro atoms. The van der Waals surface area contributed by atoms with Gasteiger partial charge < -0.3 is 10.2 Å². The molecule has 2 unspecified atom stereocenters. The maximum Gasteiger partial charge on any atom is 0.198 e. The van der Waals surface area contributed by atoms with Crippen LogP contribution in [0.4, 0.5) is 0 Å². The summed E-state index contributed by atoms with van der Waals surface area (Å²) < 4.78 is 1.72. The molecule has 2 atom stereocenters. The molecule has 2 aromatic rings. The van der Waals surface area contributed by atoms with Crippen LogP contribution in [0.3, 0.4) is 0 Å². The van der Waals surface area contributed by atoms with Gasteiger partial charge in [0, 0.05) is 24.0 Å². The van der Waals surface area contributed by atoms with Crippen molar-refractivity contribution in [2.24, 2.45) is 9.98 Å². The summed E-state index contributed by atoms with van der Waals surface area (Å²) in [6, 6.07) is 21.4. The van der Waals surface area contributed by atoms with Crippen LogP contribution in [0.2, 0.25) is 0 Å². The topological polar surface area (TPSA) is 65.2 Å². The molecule has 6 heteroatoms. The van der Waals surface area contributed by atoms with Crippen molar-refractivity contribution in [1.82, 2.24) is 0 Å². The van der Waals surface area contributed by atoms with E-state index >= 15 is 0 Å². The standard InChI is InChI=1S/C29H49N2O.C29H47N2O/c2*1-2-3-4-5-6-7-8-9-10-11-12-13-14-15-19-22-29-30-23-24-31(29,25-26-32)27-28-20-17-16-18-21-28/h9-10,16-18,20-21,32H,2-8,11-15,19,22-27H2,1H3;6-7,9-10,16-18,20-21,32H,2-5,8,11-15,19,22-27H2,1H3/q2*+1/b10-9+;7-6+,10-9+. The minimum Gasteiger partial charge on any atom is -0.390 e. The van der Waals surface area contributed by atoms with Crippen molar-refractivity contribution >= 4 is 11.7 Å². The summed E-state index contributed by atoms with van der Waals surface area (Å²) in [5, 5.41) is 19.4. The van der Waals surface area contributed by atoms with E-state index < -0.39 is 0 Å². The fraction of sp³-hybridized carbons (Fsp3) is 0.655. The Morgan fingerprint density at radius 2 is 0.781 bits per heavy atom. The maximum absolute atomic E-state index is 9.72. The van der Waals surface area contributed by atoms with E-state index in [9.17, 15) is 10.2 Å². The quantitative estimate of drug-likeness (QED) is 0.0403. The lowest BCUT2D eigenvalue weighted by Crippen LogP contribution is -2.51. The van der Waals surface area contributed by atoms with Crippen molar-refractivity contribution in [2.75, 3.05) is 52.5 Å². The average molecular weight is 881 g/mol. The van der Waals surface area contributed by atoms with Crippen molar-refractivity contribution in [3.8, 4) is 0 Å². The van der Waals surface area contributed by atoms with Gasteiger partial charge in [-0.25, -0.2) is 9.98 Å². The number of allylic oxidation sites excluding steroid dienone is 6. The lowest BCUT2D eigenvalue weighted by Gasteiger charge is -2.34. The lowest BCUT2D eigenvalue weighted by atomic mass is 10.1. The van der Waals surface area contributed by atoms with Gasteiger partial charge in [0.25, 0.3) is 0 Å². The van der Waals surface area contributed by atoms with Gasteiger partial charge in [-0.1, -0.05) is 194 Å². The molecule has 2 aromatic carbocycles. The van der Waals surface area contributed by atoms with E-state index in [1.165, 1.54) is 170 Å². The molecule has 0 saturated heterocycles. The first-order valence-electron chi connectivity index (χ1n) is 26.7. The Kier molecular flexibility index (Phi) is 31.9. The van der Waals surface area contributed by atoms with Crippen LogP contribution in [0.15, 0.2) is 107 Å². The molecular weight excluding hydrogens is 785 g/mol. The first-order valence-corrected chi connectivity index (χ1v) is 26.7. The number of quaternary nitrogens is 2. The van der Waals surface area contributed by atoms with Crippen molar-refractivity contribution in [2.45, 2.75) is 194 Å². The number of aliphatic hydroxyl groups excluding tert-OH is 2. The molecule has 0 bridgehead atoms. The van der Waals surface area contributed by atoms with Crippen LogP contribution < -0.4 is 0 Å². The first-order chi connectivity index (χ1) is 31.6. The van der Waals surface area contributed by atoms with Crippen LogP contribution >= 0.6 is 0 Å². The van der Waals surface area contributed by atoms with Gasteiger partial charge in [0.2, 0.25) is 0 Å². The molecule has 0 amide bonds. The van der Waals surface area contributed by atoms with E-state index in [0.717, 1.165) is 80.6 Å². The third-order valence-electron chi connectivity index (χ3n) is 13.5. The fourth-order valence-corrected chi connectivity index (χ4v) is 9.61. The molecule has 2 aliphatic heterocycles. The number of rotatable bonds is 37. The Labute approximate surface area is 394 Å². The minimum absolute atomic E-state index is 0.230. The Bertz CT molecular complexity index is 1550. The van der Waals surface area contributed by atoms with Crippen molar-refractivity contribution < 1.29 is 19.2 Å². The second-order valence-electron chi connectivity index (χ2n) is 18.8. The molecule has 358 valence electrons. The molecule has 0 aliphatic carbocycles. The molecule has 0 saturated carbocycles. The van der Waals surface area contributed by atoms with E-state index in [1.54, 1.807) is 0 Å². The Morgan fingerprint density at radius 3 is 1.19 bits per heavy atom. The second-order valence-corrected chi connectivity index (χ2v) is 18.8. The zero-order valence-corrected chi connectivity index (χ0v) is 41.4. The summed E-state index contributed by atoms with van der Waals surface area (Å²) in [7, 11) is 0. The van der Waals surface area contributed by atoms with Gasteiger partial charge in [-0.2, -0.15) is 0 Å². The zero-order valence-electron chi connectivity index (χ0n) is 41.4. The first kappa shape index (κ1) is 55.2. The predicted octanol–water partition coefficient (Wildman–Crippen LogP) is 14.7. The van der Waals surface area contributed by atoms with E-state index in [0.29, 0.717) is 0 Å². The van der Waals surface area contributed by atoms with Crippen molar-refractivity contribution in [3.63, 3.8) is 0 Å². The third kappa shape index (κ3) is 23.9. The van der Waals surface area contributed by atoms with Gasteiger partial charge in [-0.15, -0.1) is 0 Å². The molecule has 0 aromatic heterocycles. The number of benzene rings is 2.